The van der Waals surface area contributed by atoms with Crippen LogP contribution in [0.3, 0.4) is 0 Å². The summed E-state index contributed by atoms with van der Waals surface area (Å²) in [5.74, 6) is 0.937. The van der Waals surface area contributed by atoms with Gasteiger partial charge in [0.2, 0.25) is 0 Å². The molecule has 2 nitrogen and oxygen atoms in total. The standard InChI is InChI=1S/C7H13NO/c1-8-6(4-9)2-5-3-7(5)8/h5-7,9H,2-4H2,1H3/t5-,6+,7+/m1/s1. The number of rotatable bonds is 1. The van der Waals surface area contributed by atoms with E-state index >= 15 is 0 Å². The molecule has 9 heavy (non-hydrogen) atoms. The molecule has 0 aromatic rings. The van der Waals surface area contributed by atoms with Crippen molar-refractivity contribution in [3.05, 3.63) is 0 Å². The number of likely N-dealkylation sites (tertiary alicyclic amines) is 1. The Morgan fingerprint density at radius 3 is 2.67 bits per heavy atom. The molecule has 0 aromatic heterocycles. The second kappa shape index (κ2) is 1.70. The van der Waals surface area contributed by atoms with E-state index in [1.807, 2.05) is 0 Å². The van der Waals surface area contributed by atoms with Gasteiger partial charge in [-0.15, -0.1) is 0 Å². The van der Waals surface area contributed by atoms with E-state index in [0.29, 0.717) is 12.6 Å². The van der Waals surface area contributed by atoms with Gasteiger partial charge >= 0.3 is 0 Å². The zero-order valence-electron chi connectivity index (χ0n) is 5.75. The number of aliphatic hydroxyl groups is 1. The SMILES string of the molecule is CN1[C@H](CO)C[C@@H]2C[C@@H]21. The topological polar surface area (TPSA) is 23.5 Å². The first-order valence-corrected chi connectivity index (χ1v) is 3.65. The Hall–Kier alpha value is -0.0800. The van der Waals surface area contributed by atoms with Crippen molar-refractivity contribution in [2.45, 2.75) is 24.9 Å². The predicted octanol–water partition coefficient (Wildman–Crippen LogP) is 0.0713. The Labute approximate surface area is 55.5 Å². The molecule has 0 radical (unpaired) electrons. The van der Waals surface area contributed by atoms with Crippen LogP contribution in [-0.2, 0) is 0 Å². The third-order valence-corrected chi connectivity index (χ3v) is 2.77. The number of piperidine rings is 1. The molecule has 1 aliphatic carbocycles. The molecule has 3 atom stereocenters. The van der Waals surface area contributed by atoms with E-state index in [1.165, 1.54) is 12.8 Å². The van der Waals surface area contributed by atoms with Crippen LogP contribution in [0.4, 0.5) is 0 Å². The second-order valence-corrected chi connectivity index (χ2v) is 3.30. The van der Waals surface area contributed by atoms with Gasteiger partial charge in [-0.25, -0.2) is 0 Å². The minimum atomic E-state index is 0.351. The van der Waals surface area contributed by atoms with Crippen LogP contribution in [0.15, 0.2) is 0 Å². The number of likely N-dealkylation sites (N-methyl/N-ethyl adjacent to an activating group) is 1. The van der Waals surface area contributed by atoms with Crippen LogP contribution in [0.25, 0.3) is 0 Å². The molecule has 1 heterocycles. The van der Waals surface area contributed by atoms with E-state index in [0.717, 1.165) is 12.0 Å². The Morgan fingerprint density at radius 1 is 1.56 bits per heavy atom. The minimum absolute atomic E-state index is 0.351. The highest BCUT2D eigenvalue weighted by atomic mass is 16.3. The van der Waals surface area contributed by atoms with Crippen LogP contribution in [0, 0.1) is 5.92 Å². The summed E-state index contributed by atoms with van der Waals surface area (Å²) in [5, 5.41) is 8.83. The predicted molar refractivity (Wildman–Crippen MR) is 35.1 cm³/mol. The lowest BCUT2D eigenvalue weighted by molar-refractivity contribution is 0.162. The van der Waals surface area contributed by atoms with Crippen molar-refractivity contribution in [3.63, 3.8) is 0 Å². The van der Waals surface area contributed by atoms with E-state index in [-0.39, 0.29) is 0 Å². The van der Waals surface area contributed by atoms with E-state index in [9.17, 15) is 0 Å². The quantitative estimate of drug-likeness (QED) is 0.539. The van der Waals surface area contributed by atoms with Crippen molar-refractivity contribution < 1.29 is 5.11 Å². The Morgan fingerprint density at radius 2 is 2.33 bits per heavy atom. The van der Waals surface area contributed by atoms with Gasteiger partial charge in [0.25, 0.3) is 0 Å². The molecule has 0 bridgehead atoms. The minimum Gasteiger partial charge on any atom is -0.395 e. The fraction of sp³-hybridized carbons (Fsp3) is 1.00. The van der Waals surface area contributed by atoms with Crippen LogP contribution >= 0.6 is 0 Å². The zero-order valence-corrected chi connectivity index (χ0v) is 5.75. The maximum atomic E-state index is 8.83. The van der Waals surface area contributed by atoms with Gasteiger partial charge in [-0.2, -0.15) is 0 Å². The van der Waals surface area contributed by atoms with E-state index in [2.05, 4.69) is 11.9 Å². The van der Waals surface area contributed by atoms with Gasteiger partial charge in [-0.3, -0.25) is 4.90 Å². The van der Waals surface area contributed by atoms with Crippen molar-refractivity contribution in [2.24, 2.45) is 5.92 Å². The second-order valence-electron chi connectivity index (χ2n) is 3.30. The Bertz CT molecular complexity index is 126. The van der Waals surface area contributed by atoms with Gasteiger partial charge < -0.3 is 5.11 Å². The first kappa shape index (κ1) is 5.69. The molecule has 2 heteroatoms. The molecular formula is C7H13NO. The first-order valence-electron chi connectivity index (χ1n) is 3.65. The van der Waals surface area contributed by atoms with Gasteiger partial charge in [-0.1, -0.05) is 0 Å². The van der Waals surface area contributed by atoms with Crippen LogP contribution in [0.2, 0.25) is 0 Å². The summed E-state index contributed by atoms with van der Waals surface area (Å²) >= 11 is 0. The van der Waals surface area contributed by atoms with E-state index in [4.69, 9.17) is 5.11 Å². The molecule has 2 aliphatic rings. The lowest BCUT2D eigenvalue weighted by atomic mass is 10.2. The van der Waals surface area contributed by atoms with Gasteiger partial charge in [0.15, 0.2) is 0 Å². The summed E-state index contributed by atoms with van der Waals surface area (Å²) in [4.78, 5) is 2.32. The van der Waals surface area contributed by atoms with Crippen molar-refractivity contribution in [2.75, 3.05) is 13.7 Å². The monoisotopic (exact) mass is 127 g/mol. The van der Waals surface area contributed by atoms with Crippen LogP contribution in [0.5, 0.6) is 0 Å². The summed E-state index contributed by atoms with van der Waals surface area (Å²) in [5.41, 5.74) is 0. The van der Waals surface area contributed by atoms with Crippen LogP contribution in [0.1, 0.15) is 12.8 Å². The highest BCUT2D eigenvalue weighted by molar-refractivity contribution is 5.03. The first-order chi connectivity index (χ1) is 4.33. The maximum Gasteiger partial charge on any atom is 0.0586 e. The van der Waals surface area contributed by atoms with Crippen molar-refractivity contribution in [1.82, 2.24) is 4.90 Å². The molecule has 0 amide bonds. The van der Waals surface area contributed by atoms with E-state index in [1.54, 1.807) is 0 Å². The third-order valence-electron chi connectivity index (χ3n) is 2.77. The molecular weight excluding hydrogens is 114 g/mol. The van der Waals surface area contributed by atoms with Gasteiger partial charge in [-0.05, 0) is 25.8 Å². The van der Waals surface area contributed by atoms with Crippen molar-refractivity contribution in [1.29, 1.82) is 0 Å². The highest BCUT2D eigenvalue weighted by Crippen LogP contribution is 2.46. The van der Waals surface area contributed by atoms with Crippen molar-refractivity contribution >= 4 is 0 Å². The van der Waals surface area contributed by atoms with E-state index < -0.39 is 0 Å². The number of hydrogen-bond acceptors (Lipinski definition) is 2. The summed E-state index contributed by atoms with van der Waals surface area (Å²) < 4.78 is 0. The molecule has 1 aliphatic heterocycles. The fourth-order valence-electron chi connectivity index (χ4n) is 1.97. The average molecular weight is 127 g/mol. The Kier molecular flexibility index (Phi) is 1.08. The molecule has 1 saturated carbocycles. The summed E-state index contributed by atoms with van der Waals surface area (Å²) in [6.45, 7) is 0.351. The lowest BCUT2D eigenvalue weighted by Crippen LogP contribution is -2.31. The number of fused-ring (bicyclic) bond motifs is 1. The zero-order chi connectivity index (χ0) is 6.43. The number of aliphatic hydroxyl groups excluding tert-OH is 1. The van der Waals surface area contributed by atoms with Gasteiger partial charge in [0.1, 0.15) is 0 Å². The normalized spacial score (nSPS) is 49.3. The smallest absolute Gasteiger partial charge is 0.0586 e. The molecule has 0 unspecified atom stereocenters. The molecule has 1 saturated heterocycles. The molecule has 2 rings (SSSR count). The number of hydrogen-bond donors (Lipinski definition) is 1. The average Bonchev–Trinajstić information content (AvgIpc) is 2.55. The summed E-state index contributed by atoms with van der Waals surface area (Å²) in [6.07, 6.45) is 2.62. The van der Waals surface area contributed by atoms with Crippen LogP contribution in [-0.4, -0.2) is 35.7 Å². The molecule has 1 N–H and O–H groups in total. The largest absolute Gasteiger partial charge is 0.395 e. The van der Waals surface area contributed by atoms with Crippen LogP contribution < -0.4 is 0 Å². The van der Waals surface area contributed by atoms with Gasteiger partial charge in [0, 0.05) is 12.1 Å². The molecule has 0 spiro atoms. The van der Waals surface area contributed by atoms with Crippen molar-refractivity contribution in [3.8, 4) is 0 Å². The summed E-state index contributed by atoms with van der Waals surface area (Å²) in [6, 6.07) is 1.32. The number of nitrogens with zero attached hydrogens (tertiary/aromatic N) is 1. The molecule has 0 aromatic carbocycles. The lowest BCUT2D eigenvalue weighted by Gasteiger charge is -2.19. The Balaban J connectivity index is 1.99. The molecule has 2 fully saturated rings. The highest BCUT2D eigenvalue weighted by Gasteiger charge is 2.49. The van der Waals surface area contributed by atoms with Gasteiger partial charge in [0.05, 0.1) is 6.61 Å². The maximum absolute atomic E-state index is 8.83. The third kappa shape index (κ3) is 0.700. The molecule has 52 valence electrons. The summed E-state index contributed by atoms with van der Waals surface area (Å²) in [7, 11) is 2.12. The fourth-order valence-corrected chi connectivity index (χ4v) is 1.97.